The minimum atomic E-state index is -4.97. The van der Waals surface area contributed by atoms with Crippen molar-refractivity contribution in [3.63, 3.8) is 0 Å². The topological polar surface area (TPSA) is 237 Å². The van der Waals surface area contributed by atoms with Gasteiger partial charge >= 0.3 is 39.5 Å². The Morgan fingerprint density at radius 3 is 0.648 bits per heavy atom. The number of carbonyl (C=O) groups is 4. The van der Waals surface area contributed by atoms with Crippen molar-refractivity contribution < 1.29 is 80.2 Å². The molecule has 0 radical (unpaired) electrons. The first-order chi connectivity index (χ1) is 51.0. The number of unbranched alkanes of at least 4 members (excludes halogenated alkanes) is 58. The standard InChI is InChI=1S/C86H168O17P2/c1-6-9-12-15-18-21-24-27-29-30-31-32-36-41-45-50-55-60-65-70-84(89)97-76-82(103-86(91)72-67-62-57-52-47-42-37-34-33-35-39-43-48-53-58-63-68-79(4)5)78-101-105(94,95)99-74-80(87)73-98-104(92,93)100-77-81(75-96-83(88)69-64-59-54-49-44-38-26-23-20-17-14-11-8-3)102-85(90)71-66-61-56-51-46-40-28-25-22-19-16-13-10-7-2/h79-82,87H,6-78H2,1-5H3,(H,92,93)(H,94,95)/t80-,81+,82+/m0/s1. The molecule has 0 aliphatic rings. The second-order valence-electron chi connectivity index (χ2n) is 31.4. The minimum absolute atomic E-state index is 0.109. The van der Waals surface area contributed by atoms with Crippen LogP contribution in [0.1, 0.15) is 465 Å². The maximum atomic E-state index is 13.2. The van der Waals surface area contributed by atoms with E-state index in [9.17, 15) is 43.2 Å². The molecule has 0 aromatic heterocycles. The van der Waals surface area contributed by atoms with Gasteiger partial charge in [-0.15, -0.1) is 0 Å². The summed E-state index contributed by atoms with van der Waals surface area (Å²) in [5.74, 6) is -1.29. The Kier molecular flexibility index (Phi) is 77.3. The molecule has 2 unspecified atom stereocenters. The van der Waals surface area contributed by atoms with E-state index < -0.39 is 97.5 Å². The summed E-state index contributed by atoms with van der Waals surface area (Å²) in [4.78, 5) is 73.3. The van der Waals surface area contributed by atoms with Crippen LogP contribution in [0.2, 0.25) is 0 Å². The molecule has 0 aliphatic carbocycles. The van der Waals surface area contributed by atoms with Gasteiger partial charge in [0.2, 0.25) is 0 Å². The number of ether oxygens (including phenoxy) is 4. The molecule has 0 fully saturated rings. The molecule has 0 spiro atoms. The van der Waals surface area contributed by atoms with E-state index in [2.05, 4.69) is 34.6 Å². The molecule has 0 aliphatic heterocycles. The molecule has 0 aromatic rings. The molecule has 0 amide bonds. The molecule has 0 heterocycles. The maximum absolute atomic E-state index is 13.2. The van der Waals surface area contributed by atoms with E-state index in [1.54, 1.807) is 0 Å². The lowest BCUT2D eigenvalue weighted by Crippen LogP contribution is -2.30. The highest BCUT2D eigenvalue weighted by Gasteiger charge is 2.30. The summed E-state index contributed by atoms with van der Waals surface area (Å²) in [5.41, 5.74) is 0. The molecule has 19 heteroatoms. The zero-order chi connectivity index (χ0) is 76.9. The monoisotopic (exact) mass is 1540 g/mol. The number of rotatable bonds is 86. The lowest BCUT2D eigenvalue weighted by Gasteiger charge is -2.21. The molecule has 0 saturated carbocycles. The number of hydrogen-bond acceptors (Lipinski definition) is 15. The average molecular weight is 1540 g/mol. The Morgan fingerprint density at radius 1 is 0.257 bits per heavy atom. The van der Waals surface area contributed by atoms with Gasteiger partial charge in [-0.3, -0.25) is 37.3 Å². The minimum Gasteiger partial charge on any atom is -0.462 e. The van der Waals surface area contributed by atoms with Crippen molar-refractivity contribution >= 4 is 39.5 Å². The highest BCUT2D eigenvalue weighted by atomic mass is 31.2. The number of aliphatic hydroxyl groups is 1. The molecule has 5 atom stereocenters. The van der Waals surface area contributed by atoms with Gasteiger partial charge in [-0.05, 0) is 31.6 Å². The van der Waals surface area contributed by atoms with Crippen LogP contribution in [-0.2, 0) is 65.4 Å². The second kappa shape index (κ2) is 78.7. The summed E-state index contributed by atoms with van der Waals surface area (Å²) >= 11 is 0. The van der Waals surface area contributed by atoms with Crippen LogP contribution < -0.4 is 0 Å². The predicted molar refractivity (Wildman–Crippen MR) is 432 cm³/mol. The molecule has 105 heavy (non-hydrogen) atoms. The van der Waals surface area contributed by atoms with Crippen LogP contribution in [0, 0.1) is 5.92 Å². The van der Waals surface area contributed by atoms with E-state index in [-0.39, 0.29) is 25.7 Å². The van der Waals surface area contributed by atoms with Crippen molar-refractivity contribution in [3.8, 4) is 0 Å². The Bertz CT molecular complexity index is 2000. The van der Waals surface area contributed by atoms with Gasteiger partial charge in [-0.2, -0.15) is 0 Å². The van der Waals surface area contributed by atoms with Gasteiger partial charge in [-0.25, -0.2) is 9.13 Å². The van der Waals surface area contributed by atoms with Crippen LogP contribution >= 0.6 is 15.6 Å². The molecule has 17 nitrogen and oxygen atoms in total. The predicted octanol–water partition coefficient (Wildman–Crippen LogP) is 26.4. The Balaban J connectivity index is 5.25. The normalized spacial score (nSPS) is 13.8. The van der Waals surface area contributed by atoms with Crippen molar-refractivity contribution in [2.75, 3.05) is 39.6 Å². The highest BCUT2D eigenvalue weighted by Crippen LogP contribution is 2.45. The fourth-order valence-electron chi connectivity index (χ4n) is 13.5. The summed E-state index contributed by atoms with van der Waals surface area (Å²) in [6, 6.07) is 0. The van der Waals surface area contributed by atoms with E-state index in [4.69, 9.17) is 37.0 Å². The van der Waals surface area contributed by atoms with Crippen molar-refractivity contribution in [1.82, 2.24) is 0 Å². The maximum Gasteiger partial charge on any atom is 0.472 e. The molecule has 0 saturated heterocycles. The van der Waals surface area contributed by atoms with Crippen LogP contribution in [-0.4, -0.2) is 96.7 Å². The third-order valence-corrected chi connectivity index (χ3v) is 22.2. The SMILES string of the molecule is CCCCCCCCCCCCCCCCCCCCCC(=O)OC[C@H](COP(=O)(O)OC[C@@H](O)COP(=O)(O)OC[C@@H](COC(=O)CCCCCCCCCCCCCCC)OC(=O)CCCCCCCCCCCCCCCC)OC(=O)CCCCCCCCCCCCCCCCCCC(C)C. The van der Waals surface area contributed by atoms with Gasteiger partial charge in [-0.1, -0.05) is 413 Å². The van der Waals surface area contributed by atoms with E-state index in [0.29, 0.717) is 25.7 Å². The summed E-state index contributed by atoms with van der Waals surface area (Å²) in [5, 5.41) is 10.7. The Hall–Kier alpha value is -1.94. The van der Waals surface area contributed by atoms with Crippen LogP contribution in [0.5, 0.6) is 0 Å². The molecule has 0 rings (SSSR count). The van der Waals surface area contributed by atoms with Crippen molar-refractivity contribution in [2.45, 2.75) is 483 Å². The number of esters is 4. The van der Waals surface area contributed by atoms with Crippen LogP contribution in [0.3, 0.4) is 0 Å². The smallest absolute Gasteiger partial charge is 0.462 e. The van der Waals surface area contributed by atoms with Gasteiger partial charge in [0, 0.05) is 25.7 Å². The lowest BCUT2D eigenvalue weighted by molar-refractivity contribution is -0.161. The van der Waals surface area contributed by atoms with E-state index in [1.165, 1.54) is 289 Å². The van der Waals surface area contributed by atoms with Crippen molar-refractivity contribution in [3.05, 3.63) is 0 Å². The zero-order valence-electron chi connectivity index (χ0n) is 68.9. The van der Waals surface area contributed by atoms with Gasteiger partial charge < -0.3 is 33.8 Å². The average Bonchev–Trinajstić information content (AvgIpc) is 0.934. The van der Waals surface area contributed by atoms with Crippen LogP contribution in [0.4, 0.5) is 0 Å². The third-order valence-electron chi connectivity index (χ3n) is 20.3. The number of hydrogen-bond donors (Lipinski definition) is 3. The Morgan fingerprint density at radius 2 is 0.438 bits per heavy atom. The lowest BCUT2D eigenvalue weighted by atomic mass is 10.0. The fraction of sp³-hybridized carbons (Fsp3) is 0.953. The van der Waals surface area contributed by atoms with Crippen molar-refractivity contribution in [1.29, 1.82) is 0 Å². The van der Waals surface area contributed by atoms with Gasteiger partial charge in [0.15, 0.2) is 12.2 Å². The number of aliphatic hydroxyl groups excluding tert-OH is 1. The molecule has 0 aromatic carbocycles. The summed E-state index contributed by atoms with van der Waals surface area (Å²) < 4.78 is 68.9. The first-order valence-electron chi connectivity index (χ1n) is 44.6. The van der Waals surface area contributed by atoms with Gasteiger partial charge in [0.05, 0.1) is 26.4 Å². The van der Waals surface area contributed by atoms with Crippen molar-refractivity contribution in [2.24, 2.45) is 5.92 Å². The first kappa shape index (κ1) is 103. The van der Waals surface area contributed by atoms with Gasteiger partial charge in [0.25, 0.3) is 0 Å². The van der Waals surface area contributed by atoms with Crippen LogP contribution in [0.15, 0.2) is 0 Å². The highest BCUT2D eigenvalue weighted by molar-refractivity contribution is 7.47. The summed E-state index contributed by atoms with van der Waals surface area (Å²) in [6.07, 6.45) is 72.1. The summed E-state index contributed by atoms with van der Waals surface area (Å²) in [7, 11) is -9.93. The van der Waals surface area contributed by atoms with Gasteiger partial charge in [0.1, 0.15) is 19.3 Å². The summed E-state index contributed by atoms with van der Waals surface area (Å²) in [6.45, 7) is 7.40. The zero-order valence-corrected chi connectivity index (χ0v) is 70.7. The quantitative estimate of drug-likeness (QED) is 0.0222. The number of carbonyl (C=O) groups excluding carboxylic acids is 4. The van der Waals surface area contributed by atoms with E-state index in [0.717, 1.165) is 95.8 Å². The Labute approximate surface area is 645 Å². The van der Waals surface area contributed by atoms with E-state index >= 15 is 0 Å². The molecule has 624 valence electrons. The first-order valence-corrected chi connectivity index (χ1v) is 47.6. The fourth-order valence-corrected chi connectivity index (χ4v) is 15.1. The third kappa shape index (κ3) is 79.9. The van der Waals surface area contributed by atoms with Crippen LogP contribution in [0.25, 0.3) is 0 Å². The molecule has 0 bridgehead atoms. The number of phosphoric acid groups is 2. The second-order valence-corrected chi connectivity index (χ2v) is 34.3. The molecule has 3 N–H and O–H groups in total. The molecular weight excluding hydrogens is 1370 g/mol. The largest absolute Gasteiger partial charge is 0.472 e. The molecular formula is C86H168O17P2. The number of phosphoric ester groups is 2. The van der Waals surface area contributed by atoms with E-state index in [1.807, 2.05) is 0 Å².